The van der Waals surface area contributed by atoms with Gasteiger partial charge in [0.05, 0.1) is 12.7 Å². The van der Waals surface area contributed by atoms with Crippen molar-refractivity contribution in [2.24, 2.45) is 5.92 Å². The zero-order chi connectivity index (χ0) is 20.8. The maximum absolute atomic E-state index is 13.5. The van der Waals surface area contributed by atoms with Crippen LogP contribution in [-0.2, 0) is 9.16 Å². The third-order valence-electron chi connectivity index (χ3n) is 5.47. The van der Waals surface area contributed by atoms with Crippen LogP contribution >= 0.6 is 0 Å². The molecule has 1 N–H and O–H groups in total. The van der Waals surface area contributed by atoms with Gasteiger partial charge in [-0.05, 0) is 31.5 Å². The van der Waals surface area contributed by atoms with E-state index < -0.39 is 44.0 Å². The highest BCUT2D eigenvalue weighted by Crippen LogP contribution is 2.45. The van der Waals surface area contributed by atoms with Gasteiger partial charge in [0.25, 0.3) is 5.56 Å². The number of H-pyrrole nitrogens is 1. The fraction of sp³-hybridized carbons (Fsp3) is 0.765. The van der Waals surface area contributed by atoms with E-state index in [0.29, 0.717) is 0 Å². The zero-order valence-corrected chi connectivity index (χ0v) is 17.4. The highest BCUT2D eigenvalue weighted by atomic mass is 28.4. The quantitative estimate of drug-likeness (QED) is 0.776. The summed E-state index contributed by atoms with van der Waals surface area (Å²) in [5.41, 5.74) is -1.41. The predicted molar refractivity (Wildman–Crippen MR) is 97.3 cm³/mol. The van der Waals surface area contributed by atoms with Crippen LogP contribution in [-0.4, -0.2) is 36.8 Å². The molecule has 0 radical (unpaired) electrons. The van der Waals surface area contributed by atoms with Crippen molar-refractivity contribution in [3.05, 3.63) is 32.6 Å². The topological polar surface area (TPSA) is 73.3 Å². The molecule has 10 heteroatoms. The Morgan fingerprint density at radius 2 is 1.89 bits per heavy atom. The molecule has 154 valence electrons. The van der Waals surface area contributed by atoms with Crippen LogP contribution in [0.3, 0.4) is 0 Å². The molecule has 0 aliphatic carbocycles. The average Bonchev–Trinajstić information content (AvgIpc) is 2.92. The molecule has 0 amide bonds. The van der Waals surface area contributed by atoms with Crippen molar-refractivity contribution in [2.75, 3.05) is 6.61 Å². The lowest BCUT2D eigenvalue weighted by atomic mass is 10.0. The summed E-state index contributed by atoms with van der Waals surface area (Å²) >= 11 is 0. The highest BCUT2D eigenvalue weighted by molar-refractivity contribution is 6.74. The molecule has 2 rings (SSSR count). The van der Waals surface area contributed by atoms with E-state index in [1.54, 1.807) is 0 Å². The Balaban J connectivity index is 2.27. The summed E-state index contributed by atoms with van der Waals surface area (Å²) < 4.78 is 53.0. The summed E-state index contributed by atoms with van der Waals surface area (Å²) in [6.07, 6.45) is -6.04. The molecule has 1 fully saturated rings. The van der Waals surface area contributed by atoms with Crippen molar-refractivity contribution in [3.63, 3.8) is 0 Å². The molecule has 1 aliphatic heterocycles. The minimum Gasteiger partial charge on any atom is -0.414 e. The lowest BCUT2D eigenvalue weighted by molar-refractivity contribution is -0.198. The number of nitrogens with zero attached hydrogens (tertiary/aromatic N) is 1. The smallest absolute Gasteiger partial charge is 0.396 e. The molecule has 1 saturated heterocycles. The van der Waals surface area contributed by atoms with E-state index in [1.165, 1.54) is 6.92 Å². The molecule has 0 aromatic carbocycles. The number of alkyl halides is 3. The summed E-state index contributed by atoms with van der Waals surface area (Å²) in [6.45, 7) is 11.6. The van der Waals surface area contributed by atoms with Crippen molar-refractivity contribution in [2.45, 2.75) is 70.8 Å². The largest absolute Gasteiger partial charge is 0.414 e. The first kappa shape index (κ1) is 21.9. The second kappa shape index (κ2) is 7.21. The van der Waals surface area contributed by atoms with Gasteiger partial charge in [-0.2, -0.15) is 13.2 Å². The lowest BCUT2D eigenvalue weighted by Gasteiger charge is -2.36. The van der Waals surface area contributed by atoms with Crippen molar-refractivity contribution in [1.82, 2.24) is 9.55 Å². The van der Waals surface area contributed by atoms with Crippen LogP contribution in [0.1, 0.15) is 39.0 Å². The van der Waals surface area contributed by atoms with Gasteiger partial charge in [-0.1, -0.05) is 20.8 Å². The van der Waals surface area contributed by atoms with Crippen LogP contribution in [0.2, 0.25) is 18.1 Å². The van der Waals surface area contributed by atoms with E-state index >= 15 is 0 Å². The number of ether oxygens (including phenoxy) is 1. The van der Waals surface area contributed by atoms with E-state index in [2.05, 4.69) is 0 Å². The fourth-order valence-corrected chi connectivity index (χ4v) is 3.74. The summed E-state index contributed by atoms with van der Waals surface area (Å²) in [4.78, 5) is 25.6. The molecular formula is C17H27F3N2O4Si. The van der Waals surface area contributed by atoms with Gasteiger partial charge in [-0.15, -0.1) is 0 Å². The predicted octanol–water partition coefficient (Wildman–Crippen LogP) is 3.33. The number of aromatic nitrogens is 2. The summed E-state index contributed by atoms with van der Waals surface area (Å²) in [5, 5.41) is -0.0819. The molecule has 0 unspecified atom stereocenters. The molecule has 2 heterocycles. The van der Waals surface area contributed by atoms with E-state index in [4.69, 9.17) is 9.16 Å². The second-order valence-electron chi connectivity index (χ2n) is 8.58. The minimum absolute atomic E-state index is 0.0384. The molecule has 0 bridgehead atoms. The normalized spacial score (nSPS) is 24.4. The Morgan fingerprint density at radius 3 is 2.41 bits per heavy atom. The van der Waals surface area contributed by atoms with Crippen LogP contribution in [0.25, 0.3) is 0 Å². The fourth-order valence-electron chi connectivity index (χ4n) is 2.70. The van der Waals surface area contributed by atoms with Gasteiger partial charge in [0.1, 0.15) is 12.1 Å². The molecule has 1 aromatic heterocycles. The molecule has 0 saturated carbocycles. The van der Waals surface area contributed by atoms with E-state index in [9.17, 15) is 22.8 Å². The second-order valence-corrected chi connectivity index (χ2v) is 13.4. The Hall–Kier alpha value is -1.39. The van der Waals surface area contributed by atoms with Gasteiger partial charge in [0, 0.05) is 11.8 Å². The number of hydrogen-bond acceptors (Lipinski definition) is 4. The third-order valence-corrected chi connectivity index (χ3v) is 9.97. The molecule has 1 aromatic rings. The molecule has 3 atom stereocenters. The number of nitrogens with one attached hydrogen (secondary N) is 1. The van der Waals surface area contributed by atoms with E-state index in [1.807, 2.05) is 38.8 Å². The first-order valence-corrected chi connectivity index (χ1v) is 11.7. The van der Waals surface area contributed by atoms with Crippen LogP contribution in [0.15, 0.2) is 15.8 Å². The van der Waals surface area contributed by atoms with Gasteiger partial charge in [0.15, 0.2) is 8.32 Å². The lowest BCUT2D eigenvalue weighted by Crippen LogP contribution is -2.42. The number of halogens is 3. The molecule has 1 aliphatic rings. The van der Waals surface area contributed by atoms with Gasteiger partial charge in [-0.25, -0.2) is 4.79 Å². The standard InChI is InChI=1S/C17H27F3N2O4Si/c1-10-8-22(15(24)21-13(10)23)14-12(17(18,19)20)7-11(26-14)9-25-27(5,6)16(2,3)4/h8,11-12,14H,7,9H2,1-6H3,(H,21,23,24)/t11-,12-,14+/m0/s1. The van der Waals surface area contributed by atoms with Crippen LogP contribution < -0.4 is 11.2 Å². The van der Waals surface area contributed by atoms with Crippen molar-refractivity contribution in [3.8, 4) is 0 Å². The molecule has 6 nitrogen and oxygen atoms in total. The van der Waals surface area contributed by atoms with Crippen molar-refractivity contribution < 1.29 is 22.3 Å². The summed E-state index contributed by atoms with van der Waals surface area (Å²) in [5.74, 6) is -1.85. The van der Waals surface area contributed by atoms with Gasteiger partial charge in [-0.3, -0.25) is 14.3 Å². The van der Waals surface area contributed by atoms with Crippen molar-refractivity contribution >= 4 is 8.32 Å². The number of aromatic amines is 1. The molecule has 27 heavy (non-hydrogen) atoms. The van der Waals surface area contributed by atoms with E-state index in [-0.39, 0.29) is 23.6 Å². The number of aryl methyl sites for hydroxylation is 1. The van der Waals surface area contributed by atoms with Crippen LogP contribution in [0.5, 0.6) is 0 Å². The number of hydrogen-bond donors (Lipinski definition) is 1. The Bertz CT molecular complexity index is 795. The van der Waals surface area contributed by atoms with Crippen LogP contribution in [0.4, 0.5) is 13.2 Å². The van der Waals surface area contributed by atoms with Gasteiger partial charge in [0.2, 0.25) is 0 Å². The minimum atomic E-state index is -4.54. The van der Waals surface area contributed by atoms with Crippen LogP contribution in [0, 0.1) is 12.8 Å². The Labute approximate surface area is 156 Å². The first-order chi connectivity index (χ1) is 12.1. The third kappa shape index (κ3) is 4.72. The first-order valence-electron chi connectivity index (χ1n) is 8.81. The summed E-state index contributed by atoms with van der Waals surface area (Å²) in [7, 11) is -2.15. The van der Waals surface area contributed by atoms with E-state index in [0.717, 1.165) is 10.8 Å². The van der Waals surface area contributed by atoms with Gasteiger partial charge < -0.3 is 9.16 Å². The Kier molecular flexibility index (Phi) is 5.85. The van der Waals surface area contributed by atoms with Gasteiger partial charge >= 0.3 is 11.9 Å². The van der Waals surface area contributed by atoms with Crippen molar-refractivity contribution in [1.29, 1.82) is 0 Å². The summed E-state index contributed by atoms with van der Waals surface area (Å²) in [6, 6.07) is 0. The maximum atomic E-state index is 13.5. The SMILES string of the molecule is Cc1cn([C@@H]2O[C@H](CO[Si](C)(C)C(C)(C)C)C[C@@H]2C(F)(F)F)c(=O)[nH]c1=O. The highest BCUT2D eigenvalue weighted by Gasteiger charge is 2.53. The molecule has 0 spiro atoms. The monoisotopic (exact) mass is 408 g/mol. The average molecular weight is 408 g/mol. The maximum Gasteiger partial charge on any atom is 0.396 e. The Morgan fingerprint density at radius 1 is 1.30 bits per heavy atom. The molecular weight excluding hydrogens is 381 g/mol. The zero-order valence-electron chi connectivity index (χ0n) is 16.4. The number of rotatable bonds is 4.